The molecule has 26 heavy (non-hydrogen) atoms. The van der Waals surface area contributed by atoms with E-state index in [1.807, 2.05) is 49.4 Å². The van der Waals surface area contributed by atoms with Gasteiger partial charge in [-0.1, -0.05) is 36.4 Å². The Kier molecular flexibility index (Phi) is 6.07. The lowest BCUT2D eigenvalue weighted by Crippen LogP contribution is -2.49. The number of rotatable bonds is 5. The maximum atomic E-state index is 12.3. The van der Waals surface area contributed by atoms with E-state index in [1.165, 1.54) is 0 Å². The molecular formula is C20H25N3O3. The minimum atomic E-state index is -0.249. The third kappa shape index (κ3) is 4.52. The Morgan fingerprint density at radius 1 is 1.04 bits per heavy atom. The Hall–Kier alpha value is -2.60. The van der Waals surface area contributed by atoms with Crippen LogP contribution in [0.4, 0.5) is 10.5 Å². The third-order valence-corrected chi connectivity index (χ3v) is 4.62. The van der Waals surface area contributed by atoms with Crippen molar-refractivity contribution in [2.45, 2.75) is 13.3 Å². The van der Waals surface area contributed by atoms with Gasteiger partial charge in [0.15, 0.2) is 0 Å². The fraction of sp³-hybridized carbons (Fsp3) is 0.400. The van der Waals surface area contributed by atoms with Crippen molar-refractivity contribution in [3.63, 3.8) is 0 Å². The van der Waals surface area contributed by atoms with E-state index in [-0.39, 0.29) is 12.0 Å². The quantitative estimate of drug-likeness (QED) is 0.896. The Morgan fingerprint density at radius 3 is 2.54 bits per heavy atom. The van der Waals surface area contributed by atoms with Crippen molar-refractivity contribution in [3.05, 3.63) is 42.5 Å². The molecule has 0 bridgehead atoms. The predicted octanol–water partition coefficient (Wildman–Crippen LogP) is 2.94. The zero-order valence-electron chi connectivity index (χ0n) is 15.1. The summed E-state index contributed by atoms with van der Waals surface area (Å²) in [5.41, 5.74) is 0.847. The van der Waals surface area contributed by atoms with Crippen LogP contribution >= 0.6 is 0 Å². The molecule has 1 heterocycles. The molecule has 1 aliphatic rings. The number of ether oxygens (including phenoxy) is 1. The summed E-state index contributed by atoms with van der Waals surface area (Å²) in [4.78, 5) is 28.0. The van der Waals surface area contributed by atoms with E-state index in [0.717, 1.165) is 29.5 Å². The average Bonchev–Trinajstić information content (AvgIpc) is 2.67. The molecule has 0 aliphatic carbocycles. The number of hydrogen-bond donors (Lipinski definition) is 1. The van der Waals surface area contributed by atoms with Crippen LogP contribution in [0.15, 0.2) is 42.5 Å². The standard InChI is InChI=1S/C20H25N3O3/c1-2-26-20(25)23-14-12-22(13-15-23)11-10-19(24)21-18-9-5-7-16-6-3-4-8-17(16)18/h3-9H,2,10-15H2,1H3,(H,21,24). The van der Waals surface area contributed by atoms with Gasteiger partial charge in [0.2, 0.25) is 5.91 Å². The highest BCUT2D eigenvalue weighted by Gasteiger charge is 2.22. The summed E-state index contributed by atoms with van der Waals surface area (Å²) in [5, 5.41) is 5.18. The van der Waals surface area contributed by atoms with Gasteiger partial charge in [0.25, 0.3) is 0 Å². The maximum Gasteiger partial charge on any atom is 0.409 e. The van der Waals surface area contributed by atoms with Gasteiger partial charge in [0.05, 0.1) is 6.61 Å². The highest BCUT2D eigenvalue weighted by Crippen LogP contribution is 2.23. The summed E-state index contributed by atoms with van der Waals surface area (Å²) in [6.45, 7) is 5.71. The summed E-state index contributed by atoms with van der Waals surface area (Å²) >= 11 is 0. The van der Waals surface area contributed by atoms with Crippen LogP contribution in [0, 0.1) is 0 Å². The molecule has 1 fully saturated rings. The number of nitrogens with one attached hydrogen (secondary N) is 1. The van der Waals surface area contributed by atoms with Crippen LogP contribution < -0.4 is 5.32 Å². The number of carbonyl (C=O) groups excluding carboxylic acids is 2. The van der Waals surface area contributed by atoms with Crippen molar-refractivity contribution in [1.29, 1.82) is 0 Å². The lowest BCUT2D eigenvalue weighted by Gasteiger charge is -2.33. The highest BCUT2D eigenvalue weighted by molar-refractivity contribution is 6.02. The van der Waals surface area contributed by atoms with Gasteiger partial charge in [-0.05, 0) is 18.4 Å². The van der Waals surface area contributed by atoms with E-state index in [1.54, 1.807) is 4.90 Å². The molecule has 1 aliphatic heterocycles. The van der Waals surface area contributed by atoms with E-state index >= 15 is 0 Å². The molecule has 0 unspecified atom stereocenters. The molecule has 2 aromatic carbocycles. The molecule has 0 saturated carbocycles. The highest BCUT2D eigenvalue weighted by atomic mass is 16.6. The fourth-order valence-corrected chi connectivity index (χ4v) is 3.18. The van der Waals surface area contributed by atoms with Gasteiger partial charge >= 0.3 is 6.09 Å². The van der Waals surface area contributed by atoms with Gasteiger partial charge in [0, 0.05) is 50.2 Å². The predicted molar refractivity (Wildman–Crippen MR) is 102 cm³/mol. The first-order chi connectivity index (χ1) is 12.7. The third-order valence-electron chi connectivity index (χ3n) is 4.62. The minimum absolute atomic E-state index is 0.00850. The second kappa shape index (κ2) is 8.67. The number of anilines is 1. The van der Waals surface area contributed by atoms with Crippen molar-refractivity contribution < 1.29 is 14.3 Å². The molecule has 0 aromatic heterocycles. The smallest absolute Gasteiger partial charge is 0.409 e. The number of hydrogen-bond acceptors (Lipinski definition) is 4. The van der Waals surface area contributed by atoms with Gasteiger partial charge in [-0.15, -0.1) is 0 Å². The number of fused-ring (bicyclic) bond motifs is 1. The monoisotopic (exact) mass is 355 g/mol. The summed E-state index contributed by atoms with van der Waals surface area (Å²) in [5.74, 6) is 0.00850. The SMILES string of the molecule is CCOC(=O)N1CCN(CCC(=O)Nc2cccc3ccccc23)CC1. The molecule has 3 rings (SSSR count). The molecule has 6 nitrogen and oxygen atoms in total. The fourth-order valence-electron chi connectivity index (χ4n) is 3.18. The number of benzene rings is 2. The van der Waals surface area contributed by atoms with E-state index in [9.17, 15) is 9.59 Å². The van der Waals surface area contributed by atoms with Crippen LogP contribution in [-0.2, 0) is 9.53 Å². The summed E-state index contributed by atoms with van der Waals surface area (Å²) in [6, 6.07) is 13.9. The Morgan fingerprint density at radius 2 is 1.77 bits per heavy atom. The summed E-state index contributed by atoms with van der Waals surface area (Å²) < 4.78 is 5.02. The van der Waals surface area contributed by atoms with Crippen molar-refractivity contribution in [3.8, 4) is 0 Å². The molecule has 2 amide bonds. The van der Waals surface area contributed by atoms with Crippen molar-refractivity contribution in [2.24, 2.45) is 0 Å². The molecule has 0 radical (unpaired) electrons. The zero-order chi connectivity index (χ0) is 18.4. The molecular weight excluding hydrogens is 330 g/mol. The lowest BCUT2D eigenvalue weighted by atomic mass is 10.1. The van der Waals surface area contributed by atoms with Crippen LogP contribution in [-0.4, -0.2) is 61.1 Å². The van der Waals surface area contributed by atoms with Crippen LogP contribution in [0.1, 0.15) is 13.3 Å². The molecule has 6 heteroatoms. The second-order valence-corrected chi connectivity index (χ2v) is 6.35. The van der Waals surface area contributed by atoms with E-state index in [2.05, 4.69) is 10.2 Å². The molecule has 0 atom stereocenters. The van der Waals surface area contributed by atoms with Crippen LogP contribution in [0.25, 0.3) is 10.8 Å². The number of piperazine rings is 1. The molecule has 1 saturated heterocycles. The van der Waals surface area contributed by atoms with E-state index in [0.29, 0.717) is 32.7 Å². The summed E-state index contributed by atoms with van der Waals surface area (Å²) in [7, 11) is 0. The van der Waals surface area contributed by atoms with Gasteiger partial charge in [0.1, 0.15) is 0 Å². The van der Waals surface area contributed by atoms with Gasteiger partial charge in [-0.25, -0.2) is 4.79 Å². The maximum absolute atomic E-state index is 12.3. The normalized spacial score (nSPS) is 15.0. The first-order valence-electron chi connectivity index (χ1n) is 9.09. The van der Waals surface area contributed by atoms with Crippen LogP contribution in [0.5, 0.6) is 0 Å². The number of carbonyl (C=O) groups is 2. The first-order valence-corrected chi connectivity index (χ1v) is 9.09. The Labute approximate surface area is 153 Å². The lowest BCUT2D eigenvalue weighted by molar-refractivity contribution is -0.116. The topological polar surface area (TPSA) is 61.9 Å². The van der Waals surface area contributed by atoms with Gasteiger partial charge < -0.3 is 15.0 Å². The summed E-state index contributed by atoms with van der Waals surface area (Å²) in [6.07, 6.45) is 0.184. The van der Waals surface area contributed by atoms with Gasteiger partial charge in [-0.3, -0.25) is 9.69 Å². The van der Waals surface area contributed by atoms with Crippen LogP contribution in [0.2, 0.25) is 0 Å². The number of nitrogens with zero attached hydrogens (tertiary/aromatic N) is 2. The van der Waals surface area contributed by atoms with Gasteiger partial charge in [-0.2, -0.15) is 0 Å². The molecule has 2 aromatic rings. The Balaban J connectivity index is 1.47. The Bertz CT molecular complexity index is 764. The van der Waals surface area contributed by atoms with Crippen molar-refractivity contribution >= 4 is 28.5 Å². The van der Waals surface area contributed by atoms with E-state index < -0.39 is 0 Å². The van der Waals surface area contributed by atoms with Crippen molar-refractivity contribution in [2.75, 3.05) is 44.6 Å². The van der Waals surface area contributed by atoms with E-state index in [4.69, 9.17) is 4.74 Å². The molecule has 1 N–H and O–H groups in total. The van der Waals surface area contributed by atoms with Crippen molar-refractivity contribution in [1.82, 2.24) is 9.80 Å². The first kappa shape index (κ1) is 18.2. The molecule has 0 spiro atoms. The zero-order valence-corrected chi connectivity index (χ0v) is 15.1. The molecule has 138 valence electrons. The van der Waals surface area contributed by atoms with Crippen LogP contribution in [0.3, 0.4) is 0 Å². The average molecular weight is 355 g/mol. The number of amides is 2. The second-order valence-electron chi connectivity index (χ2n) is 6.35. The minimum Gasteiger partial charge on any atom is -0.450 e. The largest absolute Gasteiger partial charge is 0.450 e.